The summed E-state index contributed by atoms with van der Waals surface area (Å²) in [5.74, 6) is 0.443. The molecule has 0 radical (unpaired) electrons. The van der Waals surface area contributed by atoms with Crippen LogP contribution in [0.25, 0.3) is 0 Å². The molecular formula is C13H16O2ReRu. The summed E-state index contributed by atoms with van der Waals surface area (Å²) in [6.45, 7) is 9.48. The van der Waals surface area contributed by atoms with Gasteiger partial charge in [-0.05, 0) is 0 Å². The molecule has 1 N–H and O–H groups in total. The van der Waals surface area contributed by atoms with Crippen LogP contribution in [0, 0.1) is 20.8 Å². The van der Waals surface area contributed by atoms with Crippen LogP contribution in [-0.4, -0.2) is 10.9 Å². The molecule has 1 aromatic carbocycles. The van der Waals surface area contributed by atoms with Crippen LogP contribution in [0.2, 0.25) is 3.89 Å². The molecule has 0 saturated carbocycles. The first-order valence-electron chi connectivity index (χ1n) is 5.29. The van der Waals surface area contributed by atoms with Crippen molar-refractivity contribution in [3.63, 3.8) is 0 Å². The summed E-state index contributed by atoms with van der Waals surface area (Å²) < 4.78 is 0.480. The normalized spacial score (nSPS) is 11.7. The first kappa shape index (κ1) is 15.0. The van der Waals surface area contributed by atoms with Crippen molar-refractivity contribution in [1.29, 1.82) is 0 Å². The molecule has 0 aliphatic carbocycles. The fourth-order valence-electron chi connectivity index (χ4n) is 1.66. The van der Waals surface area contributed by atoms with E-state index in [1.165, 1.54) is 19.2 Å². The van der Waals surface area contributed by atoms with Gasteiger partial charge in [0.1, 0.15) is 0 Å². The Labute approximate surface area is 123 Å². The van der Waals surface area contributed by atoms with Crippen molar-refractivity contribution >= 4 is 9.94 Å². The Balaban J connectivity index is 3.62. The third kappa shape index (κ3) is 2.70. The second-order valence-corrected chi connectivity index (χ2v) is 8.97. The molecule has 0 atom stereocenters. The Bertz CT molecular complexity index is 458. The molecule has 1 rings (SSSR count). The number of hydrogen-bond acceptors (Lipinski definition) is 2. The van der Waals surface area contributed by atoms with Crippen molar-refractivity contribution in [3.8, 4) is 5.75 Å². The zero-order valence-electron chi connectivity index (χ0n) is 10.6. The van der Waals surface area contributed by atoms with Crippen molar-refractivity contribution in [2.24, 2.45) is 0 Å². The van der Waals surface area contributed by atoms with E-state index in [0.29, 0.717) is 5.75 Å². The van der Waals surface area contributed by atoms with Crippen LogP contribution in [0.5, 0.6) is 5.75 Å². The van der Waals surface area contributed by atoms with Crippen molar-refractivity contribution in [1.82, 2.24) is 0 Å². The number of hydrogen-bond donors (Lipinski definition) is 1. The number of benzene rings is 1. The van der Waals surface area contributed by atoms with Crippen molar-refractivity contribution in [3.05, 3.63) is 22.3 Å². The molecular weight excluding hydrogens is 475 g/mol. The molecule has 0 fully saturated rings. The Kier molecular flexibility index (Phi) is 4.35. The van der Waals surface area contributed by atoms with Crippen LogP contribution >= 0.6 is 0 Å². The summed E-state index contributed by atoms with van der Waals surface area (Å²) in [5, 5.41) is 9.96. The Morgan fingerprint density at radius 1 is 1.18 bits per heavy atom. The van der Waals surface area contributed by atoms with E-state index in [1.807, 2.05) is 34.6 Å². The van der Waals surface area contributed by atoms with E-state index in [0.717, 1.165) is 26.4 Å². The molecule has 0 bridgehead atoms. The van der Waals surface area contributed by atoms with Gasteiger partial charge in [0.05, 0.1) is 0 Å². The van der Waals surface area contributed by atoms with Crippen LogP contribution in [0.3, 0.4) is 0 Å². The first-order chi connectivity index (χ1) is 7.59. The van der Waals surface area contributed by atoms with E-state index >= 15 is 0 Å². The van der Waals surface area contributed by atoms with Crippen molar-refractivity contribution in [2.75, 3.05) is 0 Å². The van der Waals surface area contributed by atoms with E-state index in [-0.39, 0.29) is 9.67 Å². The van der Waals surface area contributed by atoms with Gasteiger partial charge in [0.2, 0.25) is 0 Å². The van der Waals surface area contributed by atoms with Crippen LogP contribution in [0.4, 0.5) is 0 Å². The molecule has 0 spiro atoms. The Hall–Kier alpha value is -0.0243. The predicted molar refractivity (Wildman–Crippen MR) is 60.3 cm³/mol. The number of carbonyl (C=O) groups excluding carboxylic acids is 1. The third-order valence-electron chi connectivity index (χ3n) is 2.95. The van der Waals surface area contributed by atoms with Gasteiger partial charge in [-0.1, -0.05) is 0 Å². The maximum atomic E-state index is 12.4. The quantitative estimate of drug-likeness (QED) is 0.510. The van der Waals surface area contributed by atoms with Crippen LogP contribution < -0.4 is 4.16 Å². The van der Waals surface area contributed by atoms with Gasteiger partial charge in [0.15, 0.2) is 0 Å². The zero-order chi connectivity index (χ0) is 13.5. The van der Waals surface area contributed by atoms with Gasteiger partial charge < -0.3 is 0 Å². The molecule has 0 aliphatic heterocycles. The van der Waals surface area contributed by atoms with Gasteiger partial charge in [-0.2, -0.15) is 0 Å². The second kappa shape index (κ2) is 4.92. The molecule has 4 heteroatoms. The fourth-order valence-corrected chi connectivity index (χ4v) is 2.73. The zero-order valence-corrected chi connectivity index (χ0v) is 15.0. The van der Waals surface area contributed by atoms with E-state index < -0.39 is 0 Å². The monoisotopic (exact) mass is 493 g/mol. The van der Waals surface area contributed by atoms with Gasteiger partial charge in [0.25, 0.3) is 0 Å². The molecule has 1 aromatic rings. The molecule has 17 heavy (non-hydrogen) atoms. The van der Waals surface area contributed by atoms with Gasteiger partial charge in [-0.25, -0.2) is 0 Å². The number of phenolic OH excluding ortho intramolecular Hbond substituents is 1. The van der Waals surface area contributed by atoms with Gasteiger partial charge in [-0.3, -0.25) is 0 Å². The molecule has 2 nitrogen and oxygen atoms in total. The molecule has 0 aromatic heterocycles. The SMILES string of the molecule is Cc1c(C)c(C(=O)[C](C)(C)[Re])[c]([Ru])c(C)c1O. The number of phenols is 1. The maximum absolute atomic E-state index is 12.4. The molecule has 0 aliphatic rings. The summed E-state index contributed by atoms with van der Waals surface area (Å²) in [4.78, 5) is 12.4. The Morgan fingerprint density at radius 3 is 2.06 bits per heavy atom. The topological polar surface area (TPSA) is 37.3 Å². The summed E-state index contributed by atoms with van der Waals surface area (Å²) in [5.41, 5.74) is 3.22. The molecule has 0 amide bonds. The van der Waals surface area contributed by atoms with Gasteiger partial charge >= 0.3 is 124 Å². The van der Waals surface area contributed by atoms with E-state index in [9.17, 15) is 9.90 Å². The predicted octanol–water partition coefficient (Wildman–Crippen LogP) is 2.42. The fraction of sp³-hybridized carbons (Fsp3) is 0.462. The van der Waals surface area contributed by atoms with Gasteiger partial charge in [-0.15, -0.1) is 0 Å². The summed E-state index contributed by atoms with van der Waals surface area (Å²) in [6.07, 6.45) is 0. The average molecular weight is 492 g/mol. The van der Waals surface area contributed by atoms with E-state index in [4.69, 9.17) is 0 Å². The van der Waals surface area contributed by atoms with Crippen molar-refractivity contribution in [2.45, 2.75) is 38.5 Å². The summed E-state index contributed by atoms with van der Waals surface area (Å²) in [6, 6.07) is 0. The van der Waals surface area contributed by atoms with Crippen LogP contribution in [0.15, 0.2) is 0 Å². The van der Waals surface area contributed by atoms with E-state index in [2.05, 4.69) is 18.3 Å². The molecule has 0 saturated heterocycles. The number of aromatic hydroxyl groups is 1. The standard InChI is InChI=1S/C13H16O2.Re.Ru/c1-7(2)12(14)11-6-8(3)13(15)10(5)9(11)4;;/h15H,1-5H3;;. The Morgan fingerprint density at radius 2 is 1.65 bits per heavy atom. The third-order valence-corrected chi connectivity index (χ3v) is 4.65. The van der Waals surface area contributed by atoms with Crippen molar-refractivity contribution < 1.29 is 47.4 Å². The van der Waals surface area contributed by atoms with Crippen LogP contribution in [-0.2, 0) is 37.5 Å². The number of Topliss-reactive ketones (excluding diaryl/α,β-unsaturated/α-hetero) is 1. The van der Waals surface area contributed by atoms with Gasteiger partial charge in [0, 0.05) is 0 Å². The average Bonchev–Trinajstić information content (AvgIpc) is 2.22. The minimum absolute atomic E-state index is 0.145. The minimum atomic E-state index is -0.353. The van der Waals surface area contributed by atoms with E-state index in [1.54, 1.807) is 0 Å². The summed E-state index contributed by atoms with van der Waals surface area (Å²) in [7, 11) is 0. The number of carbonyl (C=O) groups is 1. The number of ketones is 1. The molecule has 0 heterocycles. The second-order valence-electron chi connectivity index (χ2n) is 4.70. The number of rotatable bonds is 2. The molecule has 0 unspecified atom stereocenters. The molecule has 95 valence electrons. The first-order valence-corrected chi connectivity index (χ1v) is 7.52. The summed E-state index contributed by atoms with van der Waals surface area (Å²) >= 11 is 3.95. The van der Waals surface area contributed by atoms with Crippen LogP contribution in [0.1, 0.15) is 40.9 Å².